The van der Waals surface area contributed by atoms with Crippen molar-refractivity contribution in [1.29, 1.82) is 0 Å². The van der Waals surface area contributed by atoms with Gasteiger partial charge in [0, 0.05) is 32.4 Å². The van der Waals surface area contributed by atoms with Crippen LogP contribution in [0.1, 0.15) is 30.1 Å². The van der Waals surface area contributed by atoms with E-state index in [0.29, 0.717) is 22.7 Å². The van der Waals surface area contributed by atoms with Crippen LogP contribution in [0.15, 0.2) is 18.2 Å². The van der Waals surface area contributed by atoms with Crippen molar-refractivity contribution >= 4 is 23.2 Å². The number of nitrogens with one attached hydrogen (secondary N) is 1. The highest BCUT2D eigenvalue weighted by Crippen LogP contribution is 2.28. The molecule has 0 aromatic heterocycles. The van der Waals surface area contributed by atoms with Crippen LogP contribution in [0, 0.1) is 0 Å². The van der Waals surface area contributed by atoms with Crippen LogP contribution in [-0.2, 0) is 4.74 Å². The smallest absolute Gasteiger partial charge is 0.254 e. The van der Waals surface area contributed by atoms with Crippen molar-refractivity contribution in [3.63, 3.8) is 0 Å². The third-order valence-electron chi connectivity index (χ3n) is 3.47. The molecule has 5 heteroatoms. The second kappa shape index (κ2) is 6.46. The summed E-state index contributed by atoms with van der Waals surface area (Å²) in [6.45, 7) is 2.78. The van der Waals surface area contributed by atoms with Crippen LogP contribution in [-0.4, -0.2) is 43.7 Å². The summed E-state index contributed by atoms with van der Waals surface area (Å²) in [6, 6.07) is 5.90. The minimum atomic E-state index is -0.0838. The van der Waals surface area contributed by atoms with Crippen molar-refractivity contribution in [3.8, 4) is 0 Å². The number of nitrogens with zero attached hydrogens (tertiary/aromatic N) is 1. The van der Waals surface area contributed by atoms with E-state index < -0.39 is 0 Å². The number of benzene rings is 1. The molecule has 1 aliphatic rings. The van der Waals surface area contributed by atoms with E-state index in [2.05, 4.69) is 5.32 Å². The molecule has 1 saturated carbocycles. The van der Waals surface area contributed by atoms with Gasteiger partial charge in [0.2, 0.25) is 0 Å². The fraction of sp³-hybridized carbons (Fsp3) is 0.533. The first kappa shape index (κ1) is 15.1. The summed E-state index contributed by atoms with van der Waals surface area (Å²) < 4.78 is 5.54. The molecule has 1 aromatic carbocycles. The fourth-order valence-corrected chi connectivity index (χ4v) is 2.51. The molecular weight excluding hydrogens is 276 g/mol. The topological polar surface area (TPSA) is 41.6 Å². The van der Waals surface area contributed by atoms with E-state index in [1.165, 1.54) is 4.90 Å². The molecule has 0 aliphatic heterocycles. The van der Waals surface area contributed by atoms with Crippen molar-refractivity contribution in [2.75, 3.05) is 26.0 Å². The van der Waals surface area contributed by atoms with Crippen LogP contribution in [0.25, 0.3) is 0 Å². The minimum absolute atomic E-state index is 0.0838. The second-order valence-corrected chi connectivity index (χ2v) is 5.69. The molecule has 0 heterocycles. The third-order valence-corrected chi connectivity index (χ3v) is 3.80. The Balaban J connectivity index is 2.00. The Hall–Kier alpha value is -1.26. The zero-order valence-corrected chi connectivity index (χ0v) is 12.9. The third kappa shape index (κ3) is 3.44. The van der Waals surface area contributed by atoms with Gasteiger partial charge in [0.25, 0.3) is 5.91 Å². The zero-order valence-electron chi connectivity index (χ0n) is 12.1. The highest BCUT2D eigenvalue weighted by molar-refractivity contribution is 6.34. The predicted octanol–water partition coefficient (Wildman–Crippen LogP) is 3.02. The van der Waals surface area contributed by atoms with Crippen LogP contribution in [0.3, 0.4) is 0 Å². The first-order valence-corrected chi connectivity index (χ1v) is 7.28. The predicted molar refractivity (Wildman–Crippen MR) is 81.5 cm³/mol. The zero-order chi connectivity index (χ0) is 14.7. The molecule has 0 spiro atoms. The van der Waals surface area contributed by atoms with Crippen LogP contribution < -0.4 is 5.32 Å². The van der Waals surface area contributed by atoms with Crippen LogP contribution in [0.4, 0.5) is 5.69 Å². The number of carbonyl (C=O) groups is 1. The van der Waals surface area contributed by atoms with Gasteiger partial charge in [-0.25, -0.2) is 0 Å². The number of halogens is 1. The highest BCUT2D eigenvalue weighted by Gasteiger charge is 2.29. The molecule has 1 N–H and O–H groups in total. The standard InChI is InChI=1S/C15H21ClN2O2/c1-4-20-12-7-11(8-12)17-10-5-6-14(16)13(9-10)15(19)18(2)3/h5-6,9,11-12,17H,4,7-8H2,1-3H3. The highest BCUT2D eigenvalue weighted by atomic mass is 35.5. The lowest BCUT2D eigenvalue weighted by atomic mass is 9.89. The van der Waals surface area contributed by atoms with Crippen LogP contribution >= 0.6 is 11.6 Å². The number of amides is 1. The molecule has 4 nitrogen and oxygen atoms in total. The number of anilines is 1. The van der Waals surface area contributed by atoms with Crippen LogP contribution in [0.5, 0.6) is 0 Å². The number of carbonyl (C=O) groups excluding carboxylic acids is 1. The molecule has 0 atom stereocenters. The SMILES string of the molecule is CCOC1CC(Nc2ccc(Cl)c(C(=O)N(C)C)c2)C1. The first-order chi connectivity index (χ1) is 9.51. The van der Waals surface area contributed by atoms with Crippen molar-refractivity contribution in [2.45, 2.75) is 31.9 Å². The van der Waals surface area contributed by atoms with Gasteiger partial charge in [0.1, 0.15) is 0 Å². The number of hydrogen-bond acceptors (Lipinski definition) is 3. The van der Waals surface area contributed by atoms with E-state index in [1.54, 1.807) is 20.2 Å². The van der Waals surface area contributed by atoms with Crippen molar-refractivity contribution < 1.29 is 9.53 Å². The molecule has 110 valence electrons. The average Bonchev–Trinajstić information content (AvgIpc) is 2.37. The molecule has 0 radical (unpaired) electrons. The Morgan fingerprint density at radius 2 is 2.15 bits per heavy atom. The summed E-state index contributed by atoms with van der Waals surface area (Å²) in [4.78, 5) is 13.5. The summed E-state index contributed by atoms with van der Waals surface area (Å²) in [5.74, 6) is -0.0838. The fourth-order valence-electron chi connectivity index (χ4n) is 2.31. The molecule has 2 rings (SSSR count). The summed E-state index contributed by atoms with van der Waals surface area (Å²) in [5.41, 5.74) is 1.46. The van der Waals surface area contributed by atoms with Gasteiger partial charge in [-0.3, -0.25) is 4.79 Å². The minimum Gasteiger partial charge on any atom is -0.382 e. The van der Waals surface area contributed by atoms with Gasteiger partial charge < -0.3 is 15.0 Å². The summed E-state index contributed by atoms with van der Waals surface area (Å²) in [6.07, 6.45) is 2.38. The molecular formula is C15H21ClN2O2. The first-order valence-electron chi connectivity index (χ1n) is 6.90. The Morgan fingerprint density at radius 3 is 2.75 bits per heavy atom. The van der Waals surface area contributed by atoms with E-state index in [9.17, 15) is 4.79 Å². The van der Waals surface area contributed by atoms with Gasteiger partial charge >= 0.3 is 0 Å². The van der Waals surface area contributed by atoms with E-state index in [1.807, 2.05) is 19.1 Å². The molecule has 1 fully saturated rings. The van der Waals surface area contributed by atoms with Crippen molar-refractivity contribution in [2.24, 2.45) is 0 Å². The van der Waals surface area contributed by atoms with Gasteiger partial charge in [-0.2, -0.15) is 0 Å². The number of ether oxygens (including phenoxy) is 1. The van der Waals surface area contributed by atoms with E-state index in [-0.39, 0.29) is 5.91 Å². The van der Waals surface area contributed by atoms with Gasteiger partial charge in [0.15, 0.2) is 0 Å². The maximum atomic E-state index is 12.0. The number of hydrogen-bond donors (Lipinski definition) is 1. The summed E-state index contributed by atoms with van der Waals surface area (Å²) >= 11 is 6.09. The van der Waals surface area contributed by atoms with Gasteiger partial charge in [-0.1, -0.05) is 11.6 Å². The summed E-state index contributed by atoms with van der Waals surface area (Å²) in [7, 11) is 3.44. The normalized spacial score (nSPS) is 21.2. The Bertz CT molecular complexity index is 485. The lowest BCUT2D eigenvalue weighted by molar-refractivity contribution is 0.00299. The quantitative estimate of drug-likeness (QED) is 0.908. The molecule has 0 unspecified atom stereocenters. The second-order valence-electron chi connectivity index (χ2n) is 5.28. The molecule has 1 aromatic rings. The van der Waals surface area contributed by atoms with E-state index >= 15 is 0 Å². The number of rotatable bonds is 5. The molecule has 20 heavy (non-hydrogen) atoms. The Kier molecular flexibility index (Phi) is 4.89. The average molecular weight is 297 g/mol. The largest absolute Gasteiger partial charge is 0.382 e. The Labute approximate surface area is 125 Å². The molecule has 1 amide bonds. The lowest BCUT2D eigenvalue weighted by Gasteiger charge is -2.36. The molecule has 1 aliphatic carbocycles. The van der Waals surface area contributed by atoms with E-state index in [0.717, 1.165) is 25.1 Å². The maximum absolute atomic E-state index is 12.0. The van der Waals surface area contributed by atoms with Crippen molar-refractivity contribution in [1.82, 2.24) is 4.90 Å². The van der Waals surface area contributed by atoms with Gasteiger partial charge in [-0.15, -0.1) is 0 Å². The molecule has 0 bridgehead atoms. The van der Waals surface area contributed by atoms with Gasteiger partial charge in [0.05, 0.1) is 16.7 Å². The molecule has 0 saturated heterocycles. The monoisotopic (exact) mass is 296 g/mol. The lowest BCUT2D eigenvalue weighted by Crippen LogP contribution is -2.40. The maximum Gasteiger partial charge on any atom is 0.254 e. The van der Waals surface area contributed by atoms with E-state index in [4.69, 9.17) is 16.3 Å². The van der Waals surface area contributed by atoms with Crippen molar-refractivity contribution in [3.05, 3.63) is 28.8 Å². The van der Waals surface area contributed by atoms with Crippen LogP contribution in [0.2, 0.25) is 5.02 Å². The Morgan fingerprint density at radius 1 is 1.45 bits per heavy atom. The summed E-state index contributed by atoms with van der Waals surface area (Å²) in [5, 5.41) is 3.90. The van der Waals surface area contributed by atoms with Gasteiger partial charge in [-0.05, 0) is 38.0 Å².